The molecule has 2 fully saturated rings. The third kappa shape index (κ3) is 6.22. The lowest BCUT2D eigenvalue weighted by Crippen LogP contribution is -2.38. The highest BCUT2D eigenvalue weighted by atomic mass is 32.2. The Morgan fingerprint density at radius 3 is 2.71 bits per heavy atom. The van der Waals surface area contributed by atoms with Crippen LogP contribution in [0.4, 0.5) is 8.78 Å². The standard InChI is InChI=1S/C30H39F2N5O3S/c1-17-14-25(41-4)24(28(38)35-17)15-34-29(39)26-19(3)37(27-23(26)6-5-12-33-27)18(2)20-7-9-21(10-8-20)36-13-11-22(16-36)40-30(31)32/h5-6,12,14,18,20-22,30H,7-11,13,15-16H2,1-4H3,(H,34,39)(H,35,38)/t18-,20?,21?,22+/m1/s1. The third-order valence-electron chi connectivity index (χ3n) is 8.93. The number of hydrogen-bond donors (Lipinski definition) is 2. The molecule has 1 aliphatic carbocycles. The molecule has 0 radical (unpaired) electrons. The first-order chi connectivity index (χ1) is 19.7. The number of aryl methyl sites for hydroxylation is 1. The number of fused-ring (bicyclic) bond motifs is 1. The Bertz CT molecular complexity index is 1450. The number of alkyl halides is 2. The SMILES string of the molecule is CSc1cc(C)[nH]c(=O)c1CNC(=O)c1c(C)n([C@H](C)C2CCC(N3CC[C@H](OC(F)F)C3)CC2)c2ncccc12. The van der Waals surface area contributed by atoms with Crippen molar-refractivity contribution < 1.29 is 18.3 Å². The van der Waals surface area contributed by atoms with E-state index in [1.54, 1.807) is 6.20 Å². The maximum Gasteiger partial charge on any atom is 0.345 e. The molecule has 1 saturated heterocycles. The summed E-state index contributed by atoms with van der Waals surface area (Å²) >= 11 is 1.49. The summed E-state index contributed by atoms with van der Waals surface area (Å²) in [5, 5.41) is 3.79. The predicted molar refractivity (Wildman–Crippen MR) is 157 cm³/mol. The van der Waals surface area contributed by atoms with E-state index in [0.29, 0.717) is 36.1 Å². The molecule has 3 aromatic heterocycles. The quantitative estimate of drug-likeness (QED) is 0.325. The van der Waals surface area contributed by atoms with Gasteiger partial charge in [0, 0.05) is 65.1 Å². The summed E-state index contributed by atoms with van der Waals surface area (Å²) in [7, 11) is 0. The molecule has 0 bridgehead atoms. The number of ether oxygens (including phenoxy) is 1. The Labute approximate surface area is 243 Å². The molecule has 11 heteroatoms. The summed E-state index contributed by atoms with van der Waals surface area (Å²) in [5.74, 6) is 0.182. The second kappa shape index (κ2) is 12.6. The number of rotatable bonds is 9. The van der Waals surface area contributed by atoms with Gasteiger partial charge in [0.2, 0.25) is 0 Å². The van der Waals surface area contributed by atoms with Gasteiger partial charge in [-0.3, -0.25) is 14.5 Å². The van der Waals surface area contributed by atoms with E-state index in [0.717, 1.165) is 59.5 Å². The summed E-state index contributed by atoms with van der Waals surface area (Å²) in [5.41, 5.74) is 3.38. The molecular weight excluding hydrogens is 548 g/mol. The number of nitrogens with one attached hydrogen (secondary N) is 2. The third-order valence-corrected chi connectivity index (χ3v) is 9.73. The highest BCUT2D eigenvalue weighted by Gasteiger charge is 2.35. The summed E-state index contributed by atoms with van der Waals surface area (Å²) in [6.07, 6.45) is 8.01. The fraction of sp³-hybridized carbons (Fsp3) is 0.567. The van der Waals surface area contributed by atoms with Crippen molar-refractivity contribution in [2.45, 2.75) is 89.1 Å². The minimum Gasteiger partial charge on any atom is -0.348 e. The van der Waals surface area contributed by atoms with Crippen molar-refractivity contribution in [2.75, 3.05) is 19.3 Å². The van der Waals surface area contributed by atoms with E-state index in [4.69, 9.17) is 4.74 Å². The minimum atomic E-state index is -2.71. The smallest absolute Gasteiger partial charge is 0.345 e. The topological polar surface area (TPSA) is 92.2 Å². The molecule has 3 aromatic rings. The van der Waals surface area contributed by atoms with Crippen LogP contribution in [0.1, 0.15) is 72.4 Å². The number of aromatic amines is 1. The van der Waals surface area contributed by atoms with Crippen molar-refractivity contribution in [3.8, 4) is 0 Å². The van der Waals surface area contributed by atoms with Gasteiger partial charge in [0.15, 0.2) is 0 Å². The van der Waals surface area contributed by atoms with Gasteiger partial charge in [0.25, 0.3) is 11.5 Å². The molecule has 1 aliphatic heterocycles. The molecule has 1 saturated carbocycles. The lowest BCUT2D eigenvalue weighted by atomic mass is 9.81. The van der Waals surface area contributed by atoms with Crippen LogP contribution in [-0.4, -0.2) is 63.4 Å². The number of pyridine rings is 2. The fourth-order valence-corrected chi connectivity index (χ4v) is 7.54. The molecule has 2 N–H and O–H groups in total. The van der Waals surface area contributed by atoms with Crippen LogP contribution in [0.2, 0.25) is 0 Å². The number of halogens is 2. The summed E-state index contributed by atoms with van der Waals surface area (Å²) in [6, 6.07) is 6.22. The number of thioether (sulfide) groups is 1. The van der Waals surface area contributed by atoms with Crippen LogP contribution >= 0.6 is 11.8 Å². The second-order valence-corrected chi connectivity index (χ2v) is 12.2. The molecule has 1 amide bonds. The molecule has 2 atom stereocenters. The van der Waals surface area contributed by atoms with Crippen molar-refractivity contribution in [2.24, 2.45) is 5.92 Å². The first-order valence-corrected chi connectivity index (χ1v) is 15.6. The first kappa shape index (κ1) is 29.7. The Hall–Kier alpha value is -2.76. The molecule has 0 unspecified atom stereocenters. The number of carbonyl (C=O) groups excluding carboxylic acids is 1. The van der Waals surface area contributed by atoms with Gasteiger partial charge >= 0.3 is 6.61 Å². The van der Waals surface area contributed by atoms with Gasteiger partial charge < -0.3 is 19.6 Å². The average Bonchev–Trinajstić information content (AvgIpc) is 3.52. The average molecular weight is 588 g/mol. The minimum absolute atomic E-state index is 0.131. The van der Waals surface area contributed by atoms with E-state index in [2.05, 4.69) is 31.7 Å². The number of aromatic nitrogens is 3. The van der Waals surface area contributed by atoms with Gasteiger partial charge in [-0.25, -0.2) is 4.98 Å². The van der Waals surface area contributed by atoms with Gasteiger partial charge in [-0.1, -0.05) is 0 Å². The van der Waals surface area contributed by atoms with Crippen molar-refractivity contribution in [1.29, 1.82) is 0 Å². The monoisotopic (exact) mass is 587 g/mol. The van der Waals surface area contributed by atoms with Crippen LogP contribution in [0.5, 0.6) is 0 Å². The Morgan fingerprint density at radius 2 is 2.00 bits per heavy atom. The van der Waals surface area contributed by atoms with Crippen LogP contribution in [-0.2, 0) is 11.3 Å². The maximum atomic E-state index is 13.6. The zero-order valence-corrected chi connectivity index (χ0v) is 24.9. The van der Waals surface area contributed by atoms with Crippen LogP contribution in [0.3, 0.4) is 0 Å². The fourth-order valence-electron chi connectivity index (χ4n) is 6.84. The van der Waals surface area contributed by atoms with Crippen LogP contribution in [0.25, 0.3) is 11.0 Å². The summed E-state index contributed by atoms with van der Waals surface area (Å²) < 4.78 is 32.2. The molecule has 8 nitrogen and oxygen atoms in total. The van der Waals surface area contributed by atoms with E-state index >= 15 is 0 Å². The highest BCUT2D eigenvalue weighted by molar-refractivity contribution is 7.98. The van der Waals surface area contributed by atoms with Gasteiger partial charge in [-0.05, 0) is 83.2 Å². The predicted octanol–water partition coefficient (Wildman–Crippen LogP) is 5.43. The van der Waals surface area contributed by atoms with E-state index in [9.17, 15) is 18.4 Å². The molecule has 5 rings (SSSR count). The Kier molecular flexibility index (Phi) is 9.15. The van der Waals surface area contributed by atoms with E-state index in [-0.39, 0.29) is 30.2 Å². The first-order valence-electron chi connectivity index (χ1n) is 14.4. The van der Waals surface area contributed by atoms with E-state index < -0.39 is 6.61 Å². The van der Waals surface area contributed by atoms with Gasteiger partial charge in [0.05, 0.1) is 11.7 Å². The van der Waals surface area contributed by atoms with E-state index in [1.165, 1.54) is 11.8 Å². The maximum absolute atomic E-state index is 13.6. The molecule has 0 aromatic carbocycles. The van der Waals surface area contributed by atoms with Crippen molar-refractivity contribution in [3.63, 3.8) is 0 Å². The number of nitrogens with zero attached hydrogens (tertiary/aromatic N) is 3. The van der Waals surface area contributed by atoms with Crippen LogP contribution in [0, 0.1) is 19.8 Å². The summed E-state index contributed by atoms with van der Waals surface area (Å²) in [4.78, 5) is 36.9. The van der Waals surface area contributed by atoms with Crippen molar-refractivity contribution in [1.82, 2.24) is 24.8 Å². The lowest BCUT2D eigenvalue weighted by molar-refractivity contribution is -0.159. The van der Waals surface area contributed by atoms with Crippen LogP contribution in [0.15, 0.2) is 34.1 Å². The van der Waals surface area contributed by atoms with Crippen molar-refractivity contribution >= 4 is 28.7 Å². The Balaban J connectivity index is 1.31. The molecule has 222 valence electrons. The molecular formula is C30H39F2N5O3S. The second-order valence-electron chi connectivity index (χ2n) is 11.3. The molecule has 0 spiro atoms. The zero-order chi connectivity index (χ0) is 29.3. The molecule has 4 heterocycles. The number of H-pyrrole nitrogens is 1. The Morgan fingerprint density at radius 1 is 1.24 bits per heavy atom. The molecule has 41 heavy (non-hydrogen) atoms. The normalized spacial score (nSPS) is 22.5. The summed E-state index contributed by atoms with van der Waals surface area (Å²) in [6.45, 7) is 4.82. The van der Waals surface area contributed by atoms with Crippen LogP contribution < -0.4 is 10.9 Å². The van der Waals surface area contributed by atoms with Gasteiger partial charge in [0.1, 0.15) is 5.65 Å². The van der Waals surface area contributed by atoms with Gasteiger partial charge in [-0.15, -0.1) is 11.8 Å². The molecule has 2 aliphatic rings. The number of hydrogen-bond acceptors (Lipinski definition) is 6. The van der Waals surface area contributed by atoms with Gasteiger partial charge in [-0.2, -0.15) is 8.78 Å². The number of carbonyl (C=O) groups is 1. The van der Waals surface area contributed by atoms with Crippen molar-refractivity contribution in [3.05, 3.63) is 57.3 Å². The van der Waals surface area contributed by atoms with E-state index in [1.807, 2.05) is 38.3 Å². The zero-order valence-electron chi connectivity index (χ0n) is 24.1. The number of likely N-dealkylation sites (tertiary alicyclic amines) is 1. The highest BCUT2D eigenvalue weighted by Crippen LogP contribution is 2.39. The lowest BCUT2D eigenvalue weighted by Gasteiger charge is -2.37. The largest absolute Gasteiger partial charge is 0.348 e. The number of amides is 1.